The summed E-state index contributed by atoms with van der Waals surface area (Å²) in [5, 5.41) is 9.99. The SMILES string of the molecule is CCc1ccc(Oc2ccc(S(=O)(=O)NCCCn3ccnc3)cc2F)c(O)c1.CCc1ccc(Oc2ccc(S(=O)(=O)NCCCn3ccnc3)cc2F)c(OCc2ccccc2)c1. The second kappa shape index (κ2) is 22.8. The van der Waals surface area contributed by atoms with E-state index in [1.165, 1.54) is 24.3 Å². The highest BCUT2D eigenvalue weighted by Gasteiger charge is 2.20. The van der Waals surface area contributed by atoms with Gasteiger partial charge < -0.3 is 28.5 Å². The molecule has 342 valence electrons. The summed E-state index contributed by atoms with van der Waals surface area (Å²) in [6, 6.07) is 27.0. The fourth-order valence-corrected chi connectivity index (χ4v) is 8.39. The maximum atomic E-state index is 14.9. The number of nitrogens with zero attached hydrogens (tertiary/aromatic N) is 4. The van der Waals surface area contributed by atoms with Crippen LogP contribution in [0.25, 0.3) is 0 Å². The minimum absolute atomic E-state index is 0.0920. The van der Waals surface area contributed by atoms with Crippen molar-refractivity contribution in [1.29, 1.82) is 0 Å². The van der Waals surface area contributed by atoms with Gasteiger partial charge in [0, 0.05) is 51.0 Å². The number of nitrogens with one attached hydrogen (secondary N) is 2. The molecule has 65 heavy (non-hydrogen) atoms. The van der Waals surface area contributed by atoms with Crippen LogP contribution in [0.4, 0.5) is 8.78 Å². The van der Waals surface area contributed by atoms with Crippen LogP contribution in [0.3, 0.4) is 0 Å². The molecule has 0 aliphatic heterocycles. The largest absolute Gasteiger partial charge is 0.504 e. The lowest BCUT2D eigenvalue weighted by molar-refractivity contribution is 0.289. The Balaban J connectivity index is 0.000000221. The summed E-state index contributed by atoms with van der Waals surface area (Å²) in [6.45, 7) is 5.96. The Hall–Kier alpha value is -6.60. The number of sulfonamides is 2. The zero-order valence-corrected chi connectivity index (χ0v) is 37.4. The average molecular weight is 929 g/mol. The second-order valence-corrected chi connectivity index (χ2v) is 18.1. The molecule has 7 aromatic rings. The summed E-state index contributed by atoms with van der Waals surface area (Å²) in [7, 11) is -7.72. The molecule has 0 saturated heterocycles. The lowest BCUT2D eigenvalue weighted by Crippen LogP contribution is -2.25. The van der Waals surface area contributed by atoms with Crippen LogP contribution in [-0.4, -0.2) is 54.1 Å². The number of hydrogen-bond acceptors (Lipinski definition) is 10. The summed E-state index contributed by atoms with van der Waals surface area (Å²) in [4.78, 5) is 7.49. The van der Waals surface area contributed by atoms with E-state index in [9.17, 15) is 30.7 Å². The molecule has 0 bridgehead atoms. The molecule has 0 saturated carbocycles. The van der Waals surface area contributed by atoms with Crippen LogP contribution in [-0.2, 0) is 52.6 Å². The summed E-state index contributed by atoms with van der Waals surface area (Å²) in [5.74, 6) is -1.10. The van der Waals surface area contributed by atoms with Crippen molar-refractivity contribution in [1.82, 2.24) is 28.5 Å². The van der Waals surface area contributed by atoms with Gasteiger partial charge in [-0.1, -0.05) is 56.3 Å². The molecule has 3 N–H and O–H groups in total. The van der Waals surface area contributed by atoms with E-state index in [1.54, 1.807) is 61.7 Å². The Kier molecular flexibility index (Phi) is 16.8. The van der Waals surface area contributed by atoms with Gasteiger partial charge in [0.25, 0.3) is 0 Å². The number of imidazole rings is 2. The number of phenols is 1. The van der Waals surface area contributed by atoms with Crippen molar-refractivity contribution in [3.8, 4) is 34.5 Å². The van der Waals surface area contributed by atoms with Gasteiger partial charge in [-0.05, 0) is 103 Å². The maximum absolute atomic E-state index is 14.9. The molecule has 0 amide bonds. The molecule has 0 aliphatic carbocycles. The van der Waals surface area contributed by atoms with E-state index in [2.05, 4.69) is 19.4 Å². The molecule has 0 fully saturated rings. The molecule has 5 aromatic carbocycles. The number of rotatable bonds is 21. The van der Waals surface area contributed by atoms with Gasteiger partial charge in [0.1, 0.15) is 6.61 Å². The van der Waals surface area contributed by atoms with Gasteiger partial charge >= 0.3 is 0 Å². The van der Waals surface area contributed by atoms with E-state index in [-0.39, 0.29) is 45.9 Å². The van der Waals surface area contributed by atoms with Gasteiger partial charge in [0.2, 0.25) is 20.0 Å². The number of aromatic nitrogens is 4. The third kappa shape index (κ3) is 13.9. The maximum Gasteiger partial charge on any atom is 0.240 e. The number of hydrogen-bond donors (Lipinski definition) is 3. The molecule has 0 radical (unpaired) electrons. The molecule has 2 aromatic heterocycles. The third-order valence-electron chi connectivity index (χ3n) is 9.84. The summed E-state index contributed by atoms with van der Waals surface area (Å²) >= 11 is 0. The van der Waals surface area contributed by atoms with Gasteiger partial charge in [-0.3, -0.25) is 0 Å². The van der Waals surface area contributed by atoms with E-state index < -0.39 is 31.7 Å². The minimum atomic E-state index is -3.87. The average Bonchev–Trinajstić information content (AvgIpc) is 4.04. The van der Waals surface area contributed by atoms with Gasteiger partial charge in [-0.25, -0.2) is 45.0 Å². The first-order valence-electron chi connectivity index (χ1n) is 20.8. The molecule has 2 heterocycles. The highest BCUT2D eigenvalue weighted by molar-refractivity contribution is 7.89. The molecule has 0 spiro atoms. The van der Waals surface area contributed by atoms with Crippen LogP contribution in [0.1, 0.15) is 43.4 Å². The Morgan fingerprint density at radius 2 is 1.08 bits per heavy atom. The number of phenolic OH excluding ortho intramolecular Hbond substituents is 1. The number of aromatic hydroxyl groups is 1. The first-order chi connectivity index (χ1) is 31.3. The van der Waals surface area contributed by atoms with Crippen LogP contribution < -0.4 is 23.7 Å². The lowest BCUT2D eigenvalue weighted by Gasteiger charge is -2.15. The van der Waals surface area contributed by atoms with Crippen molar-refractivity contribution in [3.63, 3.8) is 0 Å². The Bertz CT molecular complexity index is 2830. The third-order valence-corrected chi connectivity index (χ3v) is 12.8. The standard InChI is InChI=1S/C27H28FN3O4S.C20H22FN3O4S/c1-2-21-9-11-26(27(17-21)34-19-22-7-4-3-5-8-22)35-25-12-10-23(18-24(25)28)36(32,33)30-13-6-15-31-16-14-29-20-31;1-2-15-4-6-20(18(25)12-15)28-19-7-5-16(13-17(19)21)29(26,27)23-8-3-10-24-11-9-22-14-24/h3-5,7-12,14,16-18,20,30H,2,6,13,15,19H2,1H3;4-7,9,11-14,23,25H,2-3,8,10H2,1H3. The smallest absolute Gasteiger partial charge is 0.240 e. The molecule has 7 rings (SSSR count). The summed E-state index contributed by atoms with van der Waals surface area (Å²) in [5.41, 5.74) is 2.95. The van der Waals surface area contributed by atoms with Crippen LogP contribution in [0.2, 0.25) is 0 Å². The molecular weight excluding hydrogens is 879 g/mol. The fraction of sp³-hybridized carbons (Fsp3) is 0.234. The van der Waals surface area contributed by atoms with Crippen LogP contribution in [0, 0.1) is 11.6 Å². The molecule has 14 nitrogen and oxygen atoms in total. The number of halogens is 2. The quantitative estimate of drug-likeness (QED) is 0.0591. The first kappa shape index (κ1) is 47.9. The molecule has 0 aliphatic rings. The zero-order chi connectivity index (χ0) is 46.2. The first-order valence-corrected chi connectivity index (χ1v) is 23.8. The summed E-state index contributed by atoms with van der Waals surface area (Å²) < 4.78 is 105. The van der Waals surface area contributed by atoms with E-state index in [0.29, 0.717) is 44.0 Å². The van der Waals surface area contributed by atoms with Crippen LogP contribution in [0.15, 0.2) is 150 Å². The summed E-state index contributed by atoms with van der Waals surface area (Å²) in [6.07, 6.45) is 12.9. The molecule has 18 heteroatoms. The second-order valence-electron chi connectivity index (χ2n) is 14.6. The van der Waals surface area contributed by atoms with Crippen molar-refractivity contribution in [2.24, 2.45) is 0 Å². The monoisotopic (exact) mass is 928 g/mol. The van der Waals surface area contributed by atoms with Gasteiger partial charge in [0.15, 0.2) is 46.1 Å². The lowest BCUT2D eigenvalue weighted by atomic mass is 10.1. The minimum Gasteiger partial charge on any atom is -0.504 e. The number of ether oxygens (including phenoxy) is 3. The highest BCUT2D eigenvalue weighted by atomic mass is 32.2. The topological polar surface area (TPSA) is 176 Å². The Labute approximate surface area is 377 Å². The number of aryl methyl sites for hydroxylation is 4. The van der Waals surface area contributed by atoms with E-state index >= 15 is 0 Å². The normalized spacial score (nSPS) is 11.4. The highest BCUT2D eigenvalue weighted by Crippen LogP contribution is 2.36. The zero-order valence-electron chi connectivity index (χ0n) is 35.8. The van der Waals surface area contributed by atoms with E-state index in [1.807, 2.05) is 65.4 Å². The predicted octanol–water partition coefficient (Wildman–Crippen LogP) is 8.78. The van der Waals surface area contributed by atoms with Crippen molar-refractivity contribution >= 4 is 20.0 Å². The van der Waals surface area contributed by atoms with Crippen molar-refractivity contribution in [3.05, 3.63) is 169 Å². The number of benzene rings is 5. The molecular formula is C47H50F2N6O8S2. The van der Waals surface area contributed by atoms with Crippen molar-refractivity contribution < 1.29 is 44.9 Å². The molecule has 0 atom stereocenters. The van der Waals surface area contributed by atoms with Crippen LogP contribution in [0.5, 0.6) is 34.5 Å². The van der Waals surface area contributed by atoms with Gasteiger partial charge in [0.05, 0.1) is 22.4 Å². The van der Waals surface area contributed by atoms with Crippen molar-refractivity contribution in [2.45, 2.75) is 69.0 Å². The van der Waals surface area contributed by atoms with Crippen molar-refractivity contribution in [2.75, 3.05) is 13.1 Å². The van der Waals surface area contributed by atoms with E-state index in [4.69, 9.17) is 14.2 Å². The van der Waals surface area contributed by atoms with E-state index in [0.717, 1.165) is 41.7 Å². The van der Waals surface area contributed by atoms with Gasteiger partial charge in [-0.15, -0.1) is 0 Å². The Morgan fingerprint density at radius 3 is 1.55 bits per heavy atom. The van der Waals surface area contributed by atoms with Gasteiger partial charge in [-0.2, -0.15) is 0 Å². The fourth-order valence-electron chi connectivity index (χ4n) is 6.21. The van der Waals surface area contributed by atoms with Crippen LogP contribution >= 0.6 is 0 Å². The predicted molar refractivity (Wildman–Crippen MR) is 241 cm³/mol. The Morgan fingerprint density at radius 1 is 0.585 bits per heavy atom. The molecule has 0 unspecified atom stereocenters.